The molecule has 0 fully saturated rings. The number of hydrazone groups is 1. The number of nitrogens with one attached hydrogen (secondary N) is 1. The fourth-order valence-corrected chi connectivity index (χ4v) is 3.22. The Hall–Kier alpha value is -2.25. The first-order valence-electron chi connectivity index (χ1n) is 8.31. The Kier molecular flexibility index (Phi) is 6.23. The second-order valence-corrected chi connectivity index (χ2v) is 7.92. The summed E-state index contributed by atoms with van der Waals surface area (Å²) < 4.78 is 3.37. The molecule has 0 spiro atoms. The zero-order chi connectivity index (χ0) is 19.4. The van der Waals surface area contributed by atoms with Crippen LogP contribution in [0, 0.1) is 6.92 Å². The maximum atomic E-state index is 12.4. The summed E-state index contributed by atoms with van der Waals surface area (Å²) in [5.74, 6) is -0.358. The third-order valence-electron chi connectivity index (χ3n) is 3.98. The van der Waals surface area contributed by atoms with Crippen LogP contribution in [-0.4, -0.2) is 21.4 Å². The second kappa shape index (κ2) is 8.63. The zero-order valence-electron chi connectivity index (χ0n) is 14.9. The number of halogens is 2. The fraction of sp³-hybridized carbons (Fsp3) is 0.150. The second-order valence-electron chi connectivity index (χ2n) is 6.15. The molecule has 2 aromatic carbocycles. The summed E-state index contributed by atoms with van der Waals surface area (Å²) >= 11 is 6.82. The molecule has 0 aliphatic heterocycles. The van der Waals surface area contributed by atoms with E-state index in [9.17, 15) is 4.79 Å². The molecule has 1 N–H and O–H groups in total. The van der Waals surface area contributed by atoms with E-state index < -0.39 is 0 Å². The molecule has 0 aliphatic rings. The number of benzene rings is 2. The minimum absolute atomic E-state index is 0.299. The molecule has 0 bridgehead atoms. The maximum Gasteiger partial charge on any atom is 0.293 e. The highest BCUT2D eigenvalue weighted by atomic mass is 79.9. The van der Waals surface area contributed by atoms with Gasteiger partial charge in [0.1, 0.15) is 0 Å². The molecule has 0 radical (unpaired) electrons. The van der Waals surface area contributed by atoms with Crippen molar-refractivity contribution in [3.63, 3.8) is 0 Å². The Bertz CT molecular complexity index is 976. The Labute approximate surface area is 174 Å². The highest BCUT2D eigenvalue weighted by molar-refractivity contribution is 9.10. The summed E-state index contributed by atoms with van der Waals surface area (Å²) in [6, 6.07) is 15.9. The fourth-order valence-electron chi connectivity index (χ4n) is 2.46. The Balaban J connectivity index is 1.69. The molecule has 7 heteroatoms. The van der Waals surface area contributed by atoms with Crippen LogP contribution in [0.2, 0.25) is 0 Å². The SMILES string of the molecule is C/C(=N/NC(=O)c1nn(Cc2ccc(Br)cc2)cc1Br)c1ccc(C)cc1. The number of rotatable bonds is 5. The molecule has 0 aliphatic carbocycles. The van der Waals surface area contributed by atoms with Gasteiger partial charge in [-0.05, 0) is 53.0 Å². The predicted octanol–water partition coefficient (Wildman–Crippen LogP) is 4.92. The number of hydrogen-bond donors (Lipinski definition) is 1. The summed E-state index contributed by atoms with van der Waals surface area (Å²) in [6.07, 6.45) is 1.79. The van der Waals surface area contributed by atoms with Gasteiger partial charge in [-0.1, -0.05) is 57.9 Å². The van der Waals surface area contributed by atoms with Gasteiger partial charge in [0.15, 0.2) is 5.69 Å². The van der Waals surface area contributed by atoms with Crippen molar-refractivity contribution in [1.82, 2.24) is 15.2 Å². The van der Waals surface area contributed by atoms with Crippen molar-refractivity contribution in [2.45, 2.75) is 20.4 Å². The molecule has 3 rings (SSSR count). The molecule has 0 atom stereocenters. The Morgan fingerprint density at radius 1 is 1.11 bits per heavy atom. The van der Waals surface area contributed by atoms with E-state index in [1.807, 2.05) is 62.4 Å². The lowest BCUT2D eigenvalue weighted by molar-refractivity contribution is 0.0948. The third-order valence-corrected chi connectivity index (χ3v) is 5.09. The van der Waals surface area contributed by atoms with Crippen LogP contribution >= 0.6 is 31.9 Å². The normalized spacial score (nSPS) is 11.5. The molecule has 3 aromatic rings. The van der Waals surface area contributed by atoms with Gasteiger partial charge in [0.2, 0.25) is 0 Å². The lowest BCUT2D eigenvalue weighted by Gasteiger charge is -2.03. The number of carbonyl (C=O) groups excluding carboxylic acids is 1. The van der Waals surface area contributed by atoms with Gasteiger partial charge in [0.05, 0.1) is 16.7 Å². The number of hydrogen-bond acceptors (Lipinski definition) is 3. The minimum atomic E-state index is -0.358. The van der Waals surface area contributed by atoms with Gasteiger partial charge in [0.25, 0.3) is 5.91 Å². The van der Waals surface area contributed by atoms with E-state index in [0.717, 1.165) is 21.3 Å². The average Bonchev–Trinajstić information content (AvgIpc) is 3.02. The van der Waals surface area contributed by atoms with Crippen LogP contribution in [0.25, 0.3) is 0 Å². The smallest absolute Gasteiger partial charge is 0.266 e. The largest absolute Gasteiger partial charge is 0.293 e. The van der Waals surface area contributed by atoms with E-state index in [2.05, 4.69) is 47.5 Å². The van der Waals surface area contributed by atoms with Crippen molar-refractivity contribution in [1.29, 1.82) is 0 Å². The molecule has 27 heavy (non-hydrogen) atoms. The number of aryl methyl sites for hydroxylation is 1. The molecule has 5 nitrogen and oxygen atoms in total. The van der Waals surface area contributed by atoms with Crippen LogP contribution < -0.4 is 5.43 Å². The van der Waals surface area contributed by atoms with Crippen molar-refractivity contribution in [2.75, 3.05) is 0 Å². The van der Waals surface area contributed by atoms with Gasteiger partial charge in [-0.25, -0.2) is 5.43 Å². The summed E-state index contributed by atoms with van der Waals surface area (Å²) in [5.41, 5.74) is 6.83. The molecular weight excluding hydrogens is 472 g/mol. The monoisotopic (exact) mass is 488 g/mol. The summed E-state index contributed by atoms with van der Waals surface area (Å²) in [6.45, 7) is 4.46. The average molecular weight is 490 g/mol. The first-order chi connectivity index (χ1) is 12.9. The quantitative estimate of drug-likeness (QED) is 0.408. The Morgan fingerprint density at radius 2 is 1.78 bits per heavy atom. The number of aromatic nitrogens is 2. The van der Waals surface area contributed by atoms with Crippen molar-refractivity contribution in [3.8, 4) is 0 Å². The maximum absolute atomic E-state index is 12.4. The van der Waals surface area contributed by atoms with E-state index in [4.69, 9.17) is 0 Å². The number of amides is 1. The topological polar surface area (TPSA) is 59.3 Å². The molecule has 138 valence electrons. The van der Waals surface area contributed by atoms with Crippen LogP contribution in [0.5, 0.6) is 0 Å². The first-order valence-corrected chi connectivity index (χ1v) is 9.90. The van der Waals surface area contributed by atoms with E-state index in [-0.39, 0.29) is 5.91 Å². The lowest BCUT2D eigenvalue weighted by Crippen LogP contribution is -2.20. The molecule has 1 aromatic heterocycles. The third kappa shape index (κ3) is 5.14. The zero-order valence-corrected chi connectivity index (χ0v) is 18.1. The first kappa shape index (κ1) is 19.5. The Morgan fingerprint density at radius 3 is 2.44 bits per heavy atom. The van der Waals surface area contributed by atoms with Crippen molar-refractivity contribution < 1.29 is 4.79 Å². The summed E-state index contributed by atoms with van der Waals surface area (Å²) in [5, 5.41) is 8.55. The van der Waals surface area contributed by atoms with Gasteiger partial charge in [-0.2, -0.15) is 10.2 Å². The van der Waals surface area contributed by atoms with Crippen LogP contribution in [0.1, 0.15) is 34.1 Å². The molecule has 0 unspecified atom stereocenters. The van der Waals surface area contributed by atoms with Crippen molar-refractivity contribution in [3.05, 3.63) is 86.1 Å². The van der Waals surface area contributed by atoms with Crippen LogP contribution in [0.15, 0.2) is 68.8 Å². The van der Waals surface area contributed by atoms with E-state index in [0.29, 0.717) is 16.7 Å². The van der Waals surface area contributed by atoms with Gasteiger partial charge < -0.3 is 0 Å². The molecule has 0 saturated heterocycles. The summed E-state index contributed by atoms with van der Waals surface area (Å²) in [7, 11) is 0. The van der Waals surface area contributed by atoms with Crippen LogP contribution in [0.3, 0.4) is 0 Å². The van der Waals surface area contributed by atoms with Crippen LogP contribution in [0.4, 0.5) is 0 Å². The van der Waals surface area contributed by atoms with Gasteiger partial charge in [-0.3, -0.25) is 9.48 Å². The molecule has 0 saturated carbocycles. The molecular formula is C20H18Br2N4O. The van der Waals surface area contributed by atoms with E-state index >= 15 is 0 Å². The summed E-state index contributed by atoms with van der Waals surface area (Å²) in [4.78, 5) is 12.4. The van der Waals surface area contributed by atoms with Crippen molar-refractivity contribution >= 4 is 43.5 Å². The van der Waals surface area contributed by atoms with Crippen molar-refractivity contribution in [2.24, 2.45) is 5.10 Å². The van der Waals surface area contributed by atoms with Gasteiger partial charge in [0, 0.05) is 10.7 Å². The van der Waals surface area contributed by atoms with E-state index in [1.54, 1.807) is 10.9 Å². The number of nitrogens with zero attached hydrogens (tertiary/aromatic N) is 3. The standard InChI is InChI=1S/C20H18Br2N4O/c1-13-3-7-16(8-4-13)14(2)23-24-20(27)19-18(22)12-26(25-19)11-15-5-9-17(21)10-6-15/h3-10,12H,11H2,1-2H3,(H,24,27)/b23-14-. The van der Waals surface area contributed by atoms with Gasteiger partial charge in [-0.15, -0.1) is 0 Å². The number of carbonyl (C=O) groups is 1. The highest BCUT2D eigenvalue weighted by Crippen LogP contribution is 2.17. The molecule has 1 heterocycles. The highest BCUT2D eigenvalue weighted by Gasteiger charge is 2.15. The minimum Gasteiger partial charge on any atom is -0.266 e. The van der Waals surface area contributed by atoms with Crippen LogP contribution in [-0.2, 0) is 6.54 Å². The predicted molar refractivity (Wildman–Crippen MR) is 114 cm³/mol. The molecule has 1 amide bonds. The lowest BCUT2D eigenvalue weighted by atomic mass is 10.1. The van der Waals surface area contributed by atoms with E-state index in [1.165, 1.54) is 5.56 Å². The van der Waals surface area contributed by atoms with Gasteiger partial charge >= 0.3 is 0 Å².